The molecule has 0 unspecified atom stereocenters. The Bertz CT molecular complexity index is 736. The van der Waals surface area contributed by atoms with Crippen LogP contribution in [0, 0.1) is 0 Å². The molecule has 4 rings (SSSR count). The zero-order chi connectivity index (χ0) is 18.7. The van der Waals surface area contributed by atoms with Gasteiger partial charge in [-0.2, -0.15) is 0 Å². The van der Waals surface area contributed by atoms with E-state index in [2.05, 4.69) is 30.2 Å². The lowest BCUT2D eigenvalue weighted by Gasteiger charge is -2.52. The molecule has 0 radical (unpaired) electrons. The van der Waals surface area contributed by atoms with Gasteiger partial charge in [-0.05, 0) is 12.8 Å². The van der Waals surface area contributed by atoms with Crippen LogP contribution in [-0.4, -0.2) is 55.4 Å². The van der Waals surface area contributed by atoms with Crippen LogP contribution in [0.15, 0.2) is 8.83 Å². The van der Waals surface area contributed by atoms with Crippen LogP contribution < -0.4 is 0 Å². The number of rotatable bonds is 6. The lowest BCUT2D eigenvalue weighted by atomic mass is 9.78. The van der Waals surface area contributed by atoms with E-state index in [9.17, 15) is 0 Å². The molecule has 0 atom stereocenters. The minimum absolute atomic E-state index is 0.185. The number of hydrogen-bond donors (Lipinski definition) is 0. The van der Waals surface area contributed by atoms with Crippen LogP contribution in [0.2, 0.25) is 0 Å². The van der Waals surface area contributed by atoms with Crippen molar-refractivity contribution in [2.75, 3.05) is 19.6 Å². The lowest BCUT2D eigenvalue weighted by Crippen LogP contribution is -2.62. The van der Waals surface area contributed by atoms with Crippen molar-refractivity contribution in [2.24, 2.45) is 0 Å². The van der Waals surface area contributed by atoms with E-state index in [-0.39, 0.29) is 5.54 Å². The van der Waals surface area contributed by atoms with Gasteiger partial charge in [0, 0.05) is 38.0 Å². The molecule has 2 aromatic heterocycles. The largest absolute Gasteiger partial charge is 0.424 e. The summed E-state index contributed by atoms with van der Waals surface area (Å²) in [6.07, 6.45) is 7.93. The van der Waals surface area contributed by atoms with Crippen LogP contribution >= 0.6 is 0 Å². The van der Waals surface area contributed by atoms with Gasteiger partial charge in [-0.15, -0.1) is 20.4 Å². The van der Waals surface area contributed by atoms with Crippen LogP contribution in [0.25, 0.3) is 0 Å². The first-order valence-electron chi connectivity index (χ1n) is 10.3. The molecule has 1 saturated carbocycles. The Morgan fingerprint density at radius 1 is 0.778 bits per heavy atom. The molecule has 2 fully saturated rings. The topological polar surface area (TPSA) is 84.3 Å². The summed E-state index contributed by atoms with van der Waals surface area (Å²) >= 11 is 0. The van der Waals surface area contributed by atoms with Gasteiger partial charge in [0.05, 0.1) is 13.1 Å². The van der Waals surface area contributed by atoms with Crippen LogP contribution in [0.1, 0.15) is 69.5 Å². The summed E-state index contributed by atoms with van der Waals surface area (Å²) in [6.45, 7) is 8.59. The van der Waals surface area contributed by atoms with Gasteiger partial charge in [-0.25, -0.2) is 0 Å². The van der Waals surface area contributed by atoms with Crippen molar-refractivity contribution in [3.05, 3.63) is 23.6 Å². The molecule has 1 aliphatic heterocycles. The summed E-state index contributed by atoms with van der Waals surface area (Å²) in [5, 5.41) is 16.7. The highest BCUT2D eigenvalue weighted by atomic mass is 16.4. The molecule has 1 saturated heterocycles. The SMILES string of the molecule is CCc1nnc(CN2CCN(Cc3nnc(CC)o3)C3(CCCCC3)C2)o1. The molecule has 148 valence electrons. The zero-order valence-electron chi connectivity index (χ0n) is 16.5. The maximum absolute atomic E-state index is 5.80. The third kappa shape index (κ3) is 4.06. The fourth-order valence-electron chi connectivity index (χ4n) is 4.51. The van der Waals surface area contributed by atoms with Crippen molar-refractivity contribution >= 4 is 0 Å². The van der Waals surface area contributed by atoms with Crippen molar-refractivity contribution in [3.8, 4) is 0 Å². The maximum Gasteiger partial charge on any atom is 0.230 e. The van der Waals surface area contributed by atoms with Gasteiger partial charge in [-0.3, -0.25) is 9.80 Å². The smallest absolute Gasteiger partial charge is 0.230 e. The fraction of sp³-hybridized carbons (Fsp3) is 0.789. The van der Waals surface area contributed by atoms with Crippen LogP contribution in [-0.2, 0) is 25.9 Å². The van der Waals surface area contributed by atoms with Crippen molar-refractivity contribution in [1.82, 2.24) is 30.2 Å². The van der Waals surface area contributed by atoms with Crippen molar-refractivity contribution < 1.29 is 8.83 Å². The second-order valence-corrected chi connectivity index (χ2v) is 7.80. The van der Waals surface area contributed by atoms with E-state index in [1.165, 1.54) is 32.1 Å². The average Bonchev–Trinajstić information content (AvgIpc) is 3.34. The van der Waals surface area contributed by atoms with E-state index < -0.39 is 0 Å². The molecule has 0 N–H and O–H groups in total. The standard InChI is InChI=1S/C19H30N6O2/c1-3-15-20-22-17(26-15)12-24-10-11-25(13-18-23-21-16(4-2)27-18)19(14-24)8-6-5-7-9-19/h3-14H2,1-2H3. The summed E-state index contributed by atoms with van der Waals surface area (Å²) in [5.41, 5.74) is 0.185. The van der Waals surface area contributed by atoms with Gasteiger partial charge in [0.2, 0.25) is 23.6 Å². The van der Waals surface area contributed by atoms with Crippen LogP contribution in [0.3, 0.4) is 0 Å². The van der Waals surface area contributed by atoms with E-state index in [4.69, 9.17) is 8.83 Å². The molecule has 27 heavy (non-hydrogen) atoms. The predicted octanol–water partition coefficient (Wildman–Crippen LogP) is 2.60. The van der Waals surface area contributed by atoms with Crippen LogP contribution in [0.5, 0.6) is 0 Å². The highest BCUT2D eigenvalue weighted by Crippen LogP contribution is 2.37. The summed E-state index contributed by atoms with van der Waals surface area (Å²) in [6, 6.07) is 0. The number of piperazine rings is 1. The van der Waals surface area contributed by atoms with E-state index >= 15 is 0 Å². The zero-order valence-corrected chi connectivity index (χ0v) is 16.5. The molecule has 0 bridgehead atoms. The summed E-state index contributed by atoms with van der Waals surface area (Å²) in [7, 11) is 0. The van der Waals surface area contributed by atoms with Gasteiger partial charge < -0.3 is 8.83 Å². The van der Waals surface area contributed by atoms with Crippen molar-refractivity contribution in [3.63, 3.8) is 0 Å². The molecule has 1 aliphatic carbocycles. The van der Waals surface area contributed by atoms with Gasteiger partial charge >= 0.3 is 0 Å². The molecule has 1 spiro atoms. The highest BCUT2D eigenvalue weighted by Gasteiger charge is 2.43. The highest BCUT2D eigenvalue weighted by molar-refractivity contribution is 5.01. The van der Waals surface area contributed by atoms with Gasteiger partial charge in [0.15, 0.2) is 0 Å². The summed E-state index contributed by atoms with van der Waals surface area (Å²) in [5.74, 6) is 2.93. The first-order valence-corrected chi connectivity index (χ1v) is 10.3. The molecular weight excluding hydrogens is 344 g/mol. The Kier molecular flexibility index (Phi) is 5.54. The quantitative estimate of drug-likeness (QED) is 0.763. The molecule has 0 amide bonds. The Morgan fingerprint density at radius 3 is 1.96 bits per heavy atom. The Labute approximate surface area is 160 Å². The summed E-state index contributed by atoms with van der Waals surface area (Å²) in [4.78, 5) is 5.06. The molecule has 8 nitrogen and oxygen atoms in total. The molecule has 3 heterocycles. The van der Waals surface area contributed by atoms with E-state index in [0.29, 0.717) is 0 Å². The Hall–Kier alpha value is -1.80. The normalized spacial score (nSPS) is 21.1. The van der Waals surface area contributed by atoms with Crippen LogP contribution in [0.4, 0.5) is 0 Å². The number of hydrogen-bond acceptors (Lipinski definition) is 8. The second-order valence-electron chi connectivity index (χ2n) is 7.80. The minimum Gasteiger partial charge on any atom is -0.424 e. The van der Waals surface area contributed by atoms with E-state index in [1.54, 1.807) is 0 Å². The maximum atomic E-state index is 5.80. The van der Waals surface area contributed by atoms with Gasteiger partial charge in [-0.1, -0.05) is 33.1 Å². The van der Waals surface area contributed by atoms with Gasteiger partial charge in [0.1, 0.15) is 0 Å². The third-order valence-corrected chi connectivity index (χ3v) is 5.97. The van der Waals surface area contributed by atoms with Gasteiger partial charge in [0.25, 0.3) is 0 Å². The molecule has 0 aromatic carbocycles. The summed E-state index contributed by atoms with van der Waals surface area (Å²) < 4.78 is 11.5. The van der Waals surface area contributed by atoms with Crippen molar-refractivity contribution in [1.29, 1.82) is 0 Å². The predicted molar refractivity (Wildman–Crippen MR) is 98.9 cm³/mol. The first kappa shape index (κ1) is 18.6. The number of aromatic nitrogens is 4. The Balaban J connectivity index is 1.46. The van der Waals surface area contributed by atoms with Crippen molar-refractivity contribution in [2.45, 2.75) is 77.4 Å². The molecule has 2 aliphatic rings. The fourth-order valence-corrected chi connectivity index (χ4v) is 4.51. The molecule has 8 heteroatoms. The second kappa shape index (κ2) is 8.06. The average molecular weight is 374 g/mol. The minimum atomic E-state index is 0.185. The lowest BCUT2D eigenvalue weighted by molar-refractivity contribution is -0.0413. The third-order valence-electron chi connectivity index (χ3n) is 5.97. The molecule has 2 aromatic rings. The number of nitrogens with zero attached hydrogens (tertiary/aromatic N) is 6. The molecular formula is C19H30N6O2. The monoisotopic (exact) mass is 374 g/mol. The van der Waals surface area contributed by atoms with E-state index in [1.807, 2.05) is 13.8 Å². The Morgan fingerprint density at radius 2 is 1.37 bits per heavy atom. The van der Waals surface area contributed by atoms with E-state index in [0.717, 1.165) is 69.1 Å². The first-order chi connectivity index (χ1) is 13.2. The number of aryl methyl sites for hydroxylation is 2.